The van der Waals surface area contributed by atoms with Gasteiger partial charge >= 0.3 is 0 Å². The highest BCUT2D eigenvalue weighted by atomic mass is 33.1. The summed E-state index contributed by atoms with van der Waals surface area (Å²) >= 11 is 6.44. The van der Waals surface area contributed by atoms with Crippen molar-refractivity contribution in [2.24, 2.45) is 0 Å². The zero-order valence-corrected chi connectivity index (χ0v) is 17.2. The predicted octanol–water partition coefficient (Wildman–Crippen LogP) is 6.63. The zero-order valence-electron chi connectivity index (χ0n) is 15.4. The van der Waals surface area contributed by atoms with E-state index in [0.717, 1.165) is 11.4 Å². The van der Waals surface area contributed by atoms with Gasteiger partial charge in [0.1, 0.15) is 0 Å². The van der Waals surface area contributed by atoms with Gasteiger partial charge in [-0.05, 0) is 46.5 Å². The molecule has 0 bridgehead atoms. The molecule has 0 fully saturated rings. The molecule has 142 valence electrons. The quantitative estimate of drug-likeness (QED) is 0.172. The molecule has 4 aromatic carbocycles. The van der Waals surface area contributed by atoms with Crippen LogP contribution in [0.3, 0.4) is 0 Å². The van der Waals surface area contributed by atoms with E-state index in [0.29, 0.717) is 0 Å². The molecule has 0 aliphatic carbocycles. The molecule has 0 spiro atoms. The lowest BCUT2D eigenvalue weighted by Crippen LogP contribution is -1.83. The van der Waals surface area contributed by atoms with Gasteiger partial charge in [-0.2, -0.15) is 0 Å². The van der Waals surface area contributed by atoms with Crippen LogP contribution in [-0.4, -0.2) is 0 Å². The average Bonchev–Trinajstić information content (AvgIpc) is 2.78. The van der Waals surface area contributed by atoms with Crippen LogP contribution in [-0.2, 0) is 0 Å². The fraction of sp³-hybridized carbons (Fsp3) is 0. The number of nitrogens with two attached hydrogens (primary N) is 2. The molecular formula is C24H24N2S2. The van der Waals surface area contributed by atoms with Crippen LogP contribution in [0.25, 0.3) is 22.3 Å². The van der Waals surface area contributed by atoms with Crippen LogP contribution in [0.15, 0.2) is 109 Å². The predicted molar refractivity (Wildman–Crippen MR) is 131 cm³/mol. The highest BCUT2D eigenvalue weighted by Gasteiger charge is 1.95. The molecule has 2 nitrogen and oxygen atoms in total. The van der Waals surface area contributed by atoms with Gasteiger partial charge in [0.25, 0.3) is 0 Å². The minimum atomic E-state index is 0.805. The van der Waals surface area contributed by atoms with E-state index in [1.54, 1.807) is 0 Å². The summed E-state index contributed by atoms with van der Waals surface area (Å²) < 4.78 is 0. The number of thiol groups is 2. The largest absolute Gasteiger partial charge is 0.399 e. The summed E-state index contributed by atoms with van der Waals surface area (Å²) in [6, 6.07) is 36.3. The van der Waals surface area contributed by atoms with E-state index in [2.05, 4.69) is 47.6 Å². The number of rotatable bonds is 2. The average molecular weight is 405 g/mol. The van der Waals surface area contributed by atoms with E-state index >= 15 is 0 Å². The van der Waals surface area contributed by atoms with Crippen molar-refractivity contribution in [2.45, 2.75) is 0 Å². The molecule has 0 amide bonds. The Kier molecular flexibility index (Phi) is 9.05. The number of hydrogen-bond donors (Lipinski definition) is 4. The molecule has 4 N–H and O–H groups in total. The second-order valence-corrected chi connectivity index (χ2v) is 5.98. The Bertz CT molecular complexity index is 843. The Labute approximate surface area is 177 Å². The third-order valence-corrected chi connectivity index (χ3v) is 4.04. The van der Waals surface area contributed by atoms with Gasteiger partial charge in [-0.25, -0.2) is 0 Å². The third-order valence-electron chi connectivity index (χ3n) is 4.04. The Morgan fingerprint density at radius 1 is 0.357 bits per heavy atom. The van der Waals surface area contributed by atoms with Crippen molar-refractivity contribution >= 4 is 34.7 Å². The fourth-order valence-corrected chi connectivity index (χ4v) is 2.61. The molecule has 0 saturated carbocycles. The van der Waals surface area contributed by atoms with E-state index in [1.807, 2.05) is 84.9 Å². The van der Waals surface area contributed by atoms with Gasteiger partial charge in [0.15, 0.2) is 0 Å². The van der Waals surface area contributed by atoms with Gasteiger partial charge in [-0.15, -0.1) is 23.3 Å². The second-order valence-electron chi connectivity index (χ2n) is 5.98. The first-order chi connectivity index (χ1) is 13.7. The molecule has 4 aromatic rings. The molecule has 0 aliphatic rings. The number of hydrogen-bond acceptors (Lipinski definition) is 4. The summed E-state index contributed by atoms with van der Waals surface area (Å²) in [5.74, 6) is 0. The molecule has 0 aromatic heterocycles. The minimum Gasteiger partial charge on any atom is -0.399 e. The van der Waals surface area contributed by atoms with Crippen molar-refractivity contribution in [3.63, 3.8) is 0 Å². The van der Waals surface area contributed by atoms with E-state index in [-0.39, 0.29) is 0 Å². The van der Waals surface area contributed by atoms with E-state index < -0.39 is 0 Å². The first-order valence-corrected chi connectivity index (χ1v) is 10.3. The summed E-state index contributed by atoms with van der Waals surface area (Å²) in [5.41, 5.74) is 17.7. The lowest BCUT2D eigenvalue weighted by atomic mass is 10.1. The van der Waals surface area contributed by atoms with Crippen LogP contribution in [0, 0.1) is 0 Å². The molecule has 4 heteroatoms. The van der Waals surface area contributed by atoms with Crippen LogP contribution in [0.2, 0.25) is 0 Å². The van der Waals surface area contributed by atoms with E-state index in [1.165, 1.54) is 22.3 Å². The van der Waals surface area contributed by atoms with Crippen LogP contribution in [0.5, 0.6) is 0 Å². The van der Waals surface area contributed by atoms with Crippen LogP contribution in [0.4, 0.5) is 11.4 Å². The second kappa shape index (κ2) is 11.8. The normalized spacial score (nSPS) is 9.36. The summed E-state index contributed by atoms with van der Waals surface area (Å²) in [6.45, 7) is 0. The Balaban J connectivity index is 0.000000184. The summed E-state index contributed by atoms with van der Waals surface area (Å²) in [4.78, 5) is 0. The van der Waals surface area contributed by atoms with Crippen molar-refractivity contribution in [3.8, 4) is 22.3 Å². The van der Waals surface area contributed by atoms with Gasteiger partial charge in [-0.3, -0.25) is 0 Å². The van der Waals surface area contributed by atoms with Crippen molar-refractivity contribution in [1.29, 1.82) is 0 Å². The zero-order chi connectivity index (χ0) is 20.2. The molecule has 0 unspecified atom stereocenters. The van der Waals surface area contributed by atoms with Crippen molar-refractivity contribution in [2.75, 3.05) is 11.5 Å². The van der Waals surface area contributed by atoms with Crippen LogP contribution < -0.4 is 11.5 Å². The monoisotopic (exact) mass is 404 g/mol. The van der Waals surface area contributed by atoms with Crippen molar-refractivity contribution in [3.05, 3.63) is 109 Å². The first-order valence-electron chi connectivity index (χ1n) is 8.74. The third kappa shape index (κ3) is 6.72. The standard InChI is InChI=1S/2C12H11N.H2S2/c2*13-12-8-6-11(7-9-12)10-4-2-1-3-5-10;1-2/h2*1-9H,13H2;1-2H. The fourth-order valence-electron chi connectivity index (χ4n) is 2.61. The molecule has 0 radical (unpaired) electrons. The molecule has 0 atom stereocenters. The number of benzene rings is 4. The Morgan fingerprint density at radius 3 is 0.893 bits per heavy atom. The van der Waals surface area contributed by atoms with Crippen LogP contribution in [0.1, 0.15) is 0 Å². The van der Waals surface area contributed by atoms with E-state index in [9.17, 15) is 0 Å². The maximum absolute atomic E-state index is 5.60. The van der Waals surface area contributed by atoms with Gasteiger partial charge in [-0.1, -0.05) is 84.9 Å². The molecule has 28 heavy (non-hydrogen) atoms. The Morgan fingerprint density at radius 2 is 0.607 bits per heavy atom. The smallest absolute Gasteiger partial charge is 0.0314 e. The van der Waals surface area contributed by atoms with Crippen LogP contribution >= 0.6 is 23.3 Å². The highest BCUT2D eigenvalue weighted by Crippen LogP contribution is 2.20. The summed E-state index contributed by atoms with van der Waals surface area (Å²) in [5, 5.41) is 0. The molecular weight excluding hydrogens is 380 g/mol. The molecule has 0 saturated heterocycles. The van der Waals surface area contributed by atoms with Crippen molar-refractivity contribution in [1.82, 2.24) is 0 Å². The topological polar surface area (TPSA) is 52.0 Å². The van der Waals surface area contributed by atoms with Gasteiger partial charge in [0, 0.05) is 11.4 Å². The van der Waals surface area contributed by atoms with Gasteiger partial charge in [0.2, 0.25) is 0 Å². The summed E-state index contributed by atoms with van der Waals surface area (Å²) in [7, 11) is 0. The SMILES string of the molecule is Nc1ccc(-c2ccccc2)cc1.Nc1ccc(-c2ccccc2)cc1.SS. The number of anilines is 2. The molecule has 0 heterocycles. The highest BCUT2D eigenvalue weighted by molar-refractivity contribution is 8.59. The lowest BCUT2D eigenvalue weighted by Gasteiger charge is -2.00. The number of nitrogen functional groups attached to an aromatic ring is 2. The van der Waals surface area contributed by atoms with Crippen molar-refractivity contribution < 1.29 is 0 Å². The van der Waals surface area contributed by atoms with E-state index in [4.69, 9.17) is 11.5 Å². The molecule has 4 rings (SSSR count). The molecule has 0 aliphatic heterocycles. The first kappa shape index (κ1) is 21.5. The van der Waals surface area contributed by atoms with Gasteiger partial charge < -0.3 is 11.5 Å². The lowest BCUT2D eigenvalue weighted by molar-refractivity contribution is 1.61. The minimum absolute atomic E-state index is 0.805. The maximum atomic E-state index is 5.60. The Hall–Kier alpha value is -2.82. The maximum Gasteiger partial charge on any atom is 0.0314 e. The summed E-state index contributed by atoms with van der Waals surface area (Å²) in [6.07, 6.45) is 0. The van der Waals surface area contributed by atoms with Gasteiger partial charge in [0.05, 0.1) is 0 Å².